The SMILES string of the molecule is COc1cc(CNCCNCC(C)O)cc(Br)c1OCc1ccc2c(c1)OCCO2.Cl.Cl. The predicted molar refractivity (Wildman–Crippen MR) is 133 cm³/mol. The van der Waals surface area contributed by atoms with Crippen LogP contribution in [0.15, 0.2) is 34.8 Å². The third kappa shape index (κ3) is 8.50. The monoisotopic (exact) mass is 552 g/mol. The summed E-state index contributed by atoms with van der Waals surface area (Å²) in [5, 5.41) is 15.8. The van der Waals surface area contributed by atoms with Crippen molar-refractivity contribution in [1.29, 1.82) is 0 Å². The molecule has 0 aliphatic carbocycles. The molecule has 180 valence electrons. The van der Waals surface area contributed by atoms with Gasteiger partial charge in [-0.2, -0.15) is 0 Å². The number of halogens is 3. The van der Waals surface area contributed by atoms with Crippen molar-refractivity contribution in [3.05, 3.63) is 45.9 Å². The molecule has 1 atom stereocenters. The van der Waals surface area contributed by atoms with E-state index in [1.807, 2.05) is 30.3 Å². The van der Waals surface area contributed by atoms with E-state index in [0.717, 1.165) is 40.2 Å². The highest BCUT2D eigenvalue weighted by atomic mass is 79.9. The van der Waals surface area contributed by atoms with Crippen molar-refractivity contribution >= 4 is 40.7 Å². The van der Waals surface area contributed by atoms with Gasteiger partial charge in [-0.05, 0) is 58.2 Å². The molecular formula is C22H31BrCl2N2O5. The minimum atomic E-state index is -0.333. The second-order valence-corrected chi connectivity index (χ2v) is 7.96. The molecule has 0 bridgehead atoms. The Kier molecular flexibility index (Phi) is 13.1. The van der Waals surface area contributed by atoms with Crippen LogP contribution in [0.5, 0.6) is 23.0 Å². The molecule has 0 spiro atoms. The first-order chi connectivity index (χ1) is 14.6. The van der Waals surface area contributed by atoms with Crippen LogP contribution in [0.25, 0.3) is 0 Å². The van der Waals surface area contributed by atoms with E-state index in [-0.39, 0.29) is 30.9 Å². The van der Waals surface area contributed by atoms with E-state index in [2.05, 4.69) is 26.6 Å². The average Bonchev–Trinajstić information content (AvgIpc) is 2.74. The van der Waals surface area contributed by atoms with Crippen LogP contribution in [0.4, 0.5) is 0 Å². The molecule has 3 N–H and O–H groups in total. The van der Waals surface area contributed by atoms with Gasteiger partial charge in [-0.25, -0.2) is 0 Å². The Balaban J connectivity index is 0.00000256. The number of nitrogens with one attached hydrogen (secondary N) is 2. The molecule has 10 heteroatoms. The normalized spacial score (nSPS) is 12.9. The van der Waals surface area contributed by atoms with Crippen LogP contribution >= 0.6 is 40.7 Å². The number of hydrogen-bond acceptors (Lipinski definition) is 7. The smallest absolute Gasteiger partial charge is 0.175 e. The van der Waals surface area contributed by atoms with Gasteiger partial charge in [0.1, 0.15) is 19.8 Å². The van der Waals surface area contributed by atoms with Gasteiger partial charge in [-0.3, -0.25) is 0 Å². The van der Waals surface area contributed by atoms with Crippen LogP contribution in [-0.4, -0.2) is 51.2 Å². The van der Waals surface area contributed by atoms with E-state index in [1.54, 1.807) is 14.0 Å². The van der Waals surface area contributed by atoms with Gasteiger partial charge < -0.3 is 34.7 Å². The first-order valence-electron chi connectivity index (χ1n) is 10.0. The summed E-state index contributed by atoms with van der Waals surface area (Å²) in [5.74, 6) is 2.85. The number of hydrogen-bond donors (Lipinski definition) is 3. The number of ether oxygens (including phenoxy) is 4. The quantitative estimate of drug-likeness (QED) is 0.366. The number of benzene rings is 2. The Morgan fingerprint density at radius 2 is 1.75 bits per heavy atom. The largest absolute Gasteiger partial charge is 0.493 e. The molecule has 0 aromatic heterocycles. The highest BCUT2D eigenvalue weighted by Gasteiger charge is 2.15. The number of aliphatic hydroxyl groups is 1. The molecule has 1 heterocycles. The molecular weight excluding hydrogens is 523 g/mol. The first-order valence-corrected chi connectivity index (χ1v) is 10.8. The number of aliphatic hydroxyl groups excluding tert-OH is 1. The van der Waals surface area contributed by atoms with E-state index in [0.29, 0.717) is 44.4 Å². The molecule has 1 aliphatic heterocycles. The Morgan fingerprint density at radius 3 is 2.47 bits per heavy atom. The molecule has 0 saturated heterocycles. The number of fused-ring (bicyclic) bond motifs is 1. The number of rotatable bonds is 11. The van der Waals surface area contributed by atoms with Crippen molar-refractivity contribution in [3.63, 3.8) is 0 Å². The van der Waals surface area contributed by atoms with Gasteiger partial charge in [0, 0.05) is 26.2 Å². The molecule has 2 aromatic carbocycles. The lowest BCUT2D eigenvalue weighted by Crippen LogP contribution is -2.31. The Morgan fingerprint density at radius 1 is 1.03 bits per heavy atom. The molecule has 0 amide bonds. The summed E-state index contributed by atoms with van der Waals surface area (Å²) < 4.78 is 23.6. The van der Waals surface area contributed by atoms with Crippen molar-refractivity contribution in [2.75, 3.05) is 40.0 Å². The van der Waals surface area contributed by atoms with Crippen molar-refractivity contribution in [1.82, 2.24) is 10.6 Å². The molecule has 32 heavy (non-hydrogen) atoms. The van der Waals surface area contributed by atoms with E-state index in [1.165, 1.54) is 0 Å². The molecule has 3 rings (SSSR count). The fourth-order valence-electron chi connectivity index (χ4n) is 3.07. The summed E-state index contributed by atoms with van der Waals surface area (Å²) >= 11 is 3.60. The summed E-state index contributed by atoms with van der Waals surface area (Å²) in [7, 11) is 1.63. The Hall–Kier alpha value is -1.42. The standard InChI is InChI=1S/C22H29BrN2O5.2ClH/c1-15(26)12-24-5-6-25-13-17-9-18(23)22(21(11-17)27-2)30-14-16-3-4-19-20(10-16)29-8-7-28-19;;/h3-4,9-11,15,24-26H,5-8,12-14H2,1-2H3;2*1H. The van der Waals surface area contributed by atoms with E-state index in [9.17, 15) is 5.11 Å². The summed E-state index contributed by atoms with van der Waals surface area (Å²) in [6, 6.07) is 9.82. The summed E-state index contributed by atoms with van der Waals surface area (Å²) in [5.41, 5.74) is 2.07. The maximum Gasteiger partial charge on any atom is 0.175 e. The fraction of sp³-hybridized carbons (Fsp3) is 0.455. The van der Waals surface area contributed by atoms with Crippen LogP contribution in [0.2, 0.25) is 0 Å². The van der Waals surface area contributed by atoms with Gasteiger partial charge in [0.15, 0.2) is 23.0 Å². The zero-order valence-electron chi connectivity index (χ0n) is 18.2. The zero-order valence-corrected chi connectivity index (χ0v) is 21.4. The van der Waals surface area contributed by atoms with Gasteiger partial charge in [-0.15, -0.1) is 24.8 Å². The minimum absolute atomic E-state index is 0. The average molecular weight is 554 g/mol. The maximum absolute atomic E-state index is 9.24. The number of methoxy groups -OCH3 is 1. The summed E-state index contributed by atoms with van der Waals surface area (Å²) in [4.78, 5) is 0. The van der Waals surface area contributed by atoms with Gasteiger partial charge in [-0.1, -0.05) is 6.07 Å². The van der Waals surface area contributed by atoms with Crippen molar-refractivity contribution in [2.24, 2.45) is 0 Å². The lowest BCUT2D eigenvalue weighted by molar-refractivity contribution is 0.171. The Bertz CT molecular complexity index is 842. The van der Waals surface area contributed by atoms with Crippen LogP contribution in [0.1, 0.15) is 18.1 Å². The van der Waals surface area contributed by atoms with Crippen LogP contribution < -0.4 is 29.6 Å². The van der Waals surface area contributed by atoms with E-state index in [4.69, 9.17) is 18.9 Å². The molecule has 0 radical (unpaired) electrons. The van der Waals surface area contributed by atoms with Gasteiger partial charge in [0.05, 0.1) is 17.7 Å². The van der Waals surface area contributed by atoms with Crippen LogP contribution in [-0.2, 0) is 13.2 Å². The fourth-order valence-corrected chi connectivity index (χ4v) is 3.67. The predicted octanol–water partition coefficient (Wildman–Crippen LogP) is 3.71. The molecule has 0 saturated carbocycles. The summed E-state index contributed by atoms with van der Waals surface area (Å²) in [6.45, 7) is 6.17. The summed E-state index contributed by atoms with van der Waals surface area (Å²) in [6.07, 6.45) is -0.333. The van der Waals surface area contributed by atoms with Crippen LogP contribution in [0.3, 0.4) is 0 Å². The third-order valence-electron chi connectivity index (χ3n) is 4.53. The minimum Gasteiger partial charge on any atom is -0.493 e. The van der Waals surface area contributed by atoms with E-state index >= 15 is 0 Å². The van der Waals surface area contributed by atoms with Crippen molar-refractivity contribution < 1.29 is 24.1 Å². The van der Waals surface area contributed by atoms with Crippen molar-refractivity contribution in [2.45, 2.75) is 26.2 Å². The second kappa shape index (κ2) is 14.7. The molecule has 1 aliphatic rings. The second-order valence-electron chi connectivity index (χ2n) is 7.11. The lowest BCUT2D eigenvalue weighted by Gasteiger charge is -2.19. The van der Waals surface area contributed by atoms with Gasteiger partial charge in [0.25, 0.3) is 0 Å². The topological polar surface area (TPSA) is 81.2 Å². The first kappa shape index (κ1) is 28.6. The van der Waals surface area contributed by atoms with E-state index < -0.39 is 0 Å². The zero-order chi connectivity index (χ0) is 21.3. The highest BCUT2D eigenvalue weighted by Crippen LogP contribution is 2.38. The highest BCUT2D eigenvalue weighted by molar-refractivity contribution is 9.10. The van der Waals surface area contributed by atoms with Crippen molar-refractivity contribution in [3.8, 4) is 23.0 Å². The molecule has 2 aromatic rings. The lowest BCUT2D eigenvalue weighted by atomic mass is 10.2. The van der Waals surface area contributed by atoms with Gasteiger partial charge in [0.2, 0.25) is 0 Å². The molecule has 0 fully saturated rings. The molecule has 7 nitrogen and oxygen atoms in total. The Labute approximate surface area is 210 Å². The third-order valence-corrected chi connectivity index (χ3v) is 5.12. The maximum atomic E-state index is 9.24. The molecule has 1 unspecified atom stereocenters. The van der Waals surface area contributed by atoms with Gasteiger partial charge >= 0.3 is 0 Å². The van der Waals surface area contributed by atoms with Crippen LogP contribution in [0, 0.1) is 0 Å².